The lowest BCUT2D eigenvalue weighted by Crippen LogP contribution is -2.45. The number of thiazole rings is 1. The monoisotopic (exact) mass is 271 g/mol. The molecule has 0 bridgehead atoms. The van der Waals surface area contributed by atoms with Gasteiger partial charge in [0.25, 0.3) is 0 Å². The summed E-state index contributed by atoms with van der Waals surface area (Å²) in [5.41, 5.74) is 0. The largest absolute Gasteiger partial charge is 0.481 e. The van der Waals surface area contributed by atoms with Crippen molar-refractivity contribution in [3.8, 4) is 0 Å². The second kappa shape index (κ2) is 6.95. The molecular formula is C11H17N3O3S. The number of carboxylic acids is 1. The standard InChI is InChI=1S/C11H17N3O3S/c1-7(10(15)16)8(2)14-11(17)13-4-3-9-12-5-6-18-9/h5-8H,3-4H2,1-2H3,(H,15,16)(H2,13,14,17). The fourth-order valence-corrected chi connectivity index (χ4v) is 1.88. The van der Waals surface area contributed by atoms with Crippen LogP contribution in [0.1, 0.15) is 18.9 Å². The highest BCUT2D eigenvalue weighted by Gasteiger charge is 2.20. The van der Waals surface area contributed by atoms with Crippen molar-refractivity contribution in [3.63, 3.8) is 0 Å². The number of carbonyl (C=O) groups is 2. The molecule has 2 atom stereocenters. The van der Waals surface area contributed by atoms with Gasteiger partial charge in [-0.2, -0.15) is 0 Å². The minimum absolute atomic E-state index is 0.354. The molecule has 0 aromatic carbocycles. The summed E-state index contributed by atoms with van der Waals surface area (Å²) >= 11 is 1.54. The van der Waals surface area contributed by atoms with Crippen LogP contribution in [0.3, 0.4) is 0 Å². The van der Waals surface area contributed by atoms with Gasteiger partial charge >= 0.3 is 12.0 Å². The van der Waals surface area contributed by atoms with E-state index in [4.69, 9.17) is 5.11 Å². The Bertz CT molecular complexity index is 394. The molecule has 0 saturated heterocycles. The first-order valence-corrected chi connectivity index (χ1v) is 6.54. The van der Waals surface area contributed by atoms with Crippen LogP contribution in [0, 0.1) is 5.92 Å². The zero-order valence-corrected chi connectivity index (χ0v) is 11.2. The van der Waals surface area contributed by atoms with Gasteiger partial charge in [-0.15, -0.1) is 11.3 Å². The van der Waals surface area contributed by atoms with Crippen molar-refractivity contribution in [2.45, 2.75) is 26.3 Å². The second-order valence-corrected chi connectivity index (χ2v) is 4.97. The highest BCUT2D eigenvalue weighted by atomic mass is 32.1. The van der Waals surface area contributed by atoms with Crippen LogP contribution in [0.2, 0.25) is 0 Å². The Labute approximate surface area is 109 Å². The fraction of sp³-hybridized carbons (Fsp3) is 0.545. The number of hydrogen-bond acceptors (Lipinski definition) is 4. The molecule has 1 aromatic heterocycles. The number of rotatable bonds is 6. The number of urea groups is 1. The number of amides is 2. The van der Waals surface area contributed by atoms with Crippen LogP contribution < -0.4 is 10.6 Å². The van der Waals surface area contributed by atoms with Crippen LogP contribution in [-0.2, 0) is 11.2 Å². The second-order valence-electron chi connectivity index (χ2n) is 3.99. The van der Waals surface area contributed by atoms with Gasteiger partial charge < -0.3 is 15.7 Å². The molecule has 7 heteroatoms. The van der Waals surface area contributed by atoms with Crippen LogP contribution >= 0.6 is 11.3 Å². The summed E-state index contributed by atoms with van der Waals surface area (Å²) in [5.74, 6) is -1.54. The zero-order valence-electron chi connectivity index (χ0n) is 10.3. The SMILES string of the molecule is CC(NC(=O)NCCc1nccs1)C(C)C(=O)O. The van der Waals surface area contributed by atoms with Gasteiger partial charge in [0.2, 0.25) is 0 Å². The van der Waals surface area contributed by atoms with Gasteiger partial charge in [0.1, 0.15) is 0 Å². The summed E-state index contributed by atoms with van der Waals surface area (Å²) < 4.78 is 0. The number of aliphatic carboxylic acids is 1. The Hall–Kier alpha value is -1.63. The van der Waals surface area contributed by atoms with E-state index >= 15 is 0 Å². The first-order chi connectivity index (χ1) is 8.50. The highest BCUT2D eigenvalue weighted by molar-refractivity contribution is 7.09. The van der Waals surface area contributed by atoms with Crippen LogP contribution in [-0.4, -0.2) is 34.7 Å². The molecule has 0 saturated carbocycles. The van der Waals surface area contributed by atoms with E-state index in [1.165, 1.54) is 11.3 Å². The number of nitrogens with one attached hydrogen (secondary N) is 2. The highest BCUT2D eigenvalue weighted by Crippen LogP contribution is 2.04. The predicted octanol–water partition coefficient (Wildman–Crippen LogP) is 1.09. The van der Waals surface area contributed by atoms with Crippen molar-refractivity contribution in [2.24, 2.45) is 5.92 Å². The topological polar surface area (TPSA) is 91.3 Å². The van der Waals surface area contributed by atoms with Crippen molar-refractivity contribution in [2.75, 3.05) is 6.54 Å². The molecule has 100 valence electrons. The van der Waals surface area contributed by atoms with Crippen LogP contribution in [0.5, 0.6) is 0 Å². The van der Waals surface area contributed by atoms with E-state index in [1.54, 1.807) is 20.0 Å². The predicted molar refractivity (Wildman–Crippen MR) is 68.6 cm³/mol. The number of carbonyl (C=O) groups excluding carboxylic acids is 1. The molecule has 3 N–H and O–H groups in total. The lowest BCUT2D eigenvalue weighted by molar-refractivity contribution is -0.141. The number of aromatic nitrogens is 1. The number of carboxylic acid groups (broad SMARTS) is 1. The van der Waals surface area contributed by atoms with Crippen molar-refractivity contribution in [1.29, 1.82) is 0 Å². The molecule has 1 aromatic rings. The van der Waals surface area contributed by atoms with Crippen molar-refractivity contribution < 1.29 is 14.7 Å². The lowest BCUT2D eigenvalue weighted by Gasteiger charge is -2.17. The molecule has 0 fully saturated rings. The van der Waals surface area contributed by atoms with E-state index in [-0.39, 0.29) is 6.03 Å². The van der Waals surface area contributed by atoms with Gasteiger partial charge in [-0.3, -0.25) is 4.79 Å². The van der Waals surface area contributed by atoms with Crippen LogP contribution in [0.15, 0.2) is 11.6 Å². The van der Waals surface area contributed by atoms with Crippen LogP contribution in [0.4, 0.5) is 4.79 Å². The normalized spacial score (nSPS) is 13.7. The quantitative estimate of drug-likeness (QED) is 0.722. The maximum atomic E-state index is 11.5. The Morgan fingerprint density at radius 1 is 1.50 bits per heavy atom. The summed E-state index contributed by atoms with van der Waals surface area (Å²) in [5, 5.41) is 16.9. The molecule has 2 unspecified atom stereocenters. The smallest absolute Gasteiger partial charge is 0.315 e. The van der Waals surface area contributed by atoms with Gasteiger partial charge in [0.05, 0.1) is 10.9 Å². The Kier molecular flexibility index (Phi) is 5.57. The third-order valence-corrected chi connectivity index (χ3v) is 3.45. The van der Waals surface area contributed by atoms with E-state index in [1.807, 2.05) is 5.38 Å². The van der Waals surface area contributed by atoms with E-state index < -0.39 is 17.9 Å². The maximum absolute atomic E-state index is 11.5. The summed E-state index contributed by atoms with van der Waals surface area (Å²) in [4.78, 5) is 26.3. The zero-order chi connectivity index (χ0) is 13.5. The molecule has 0 aliphatic carbocycles. The summed E-state index contributed by atoms with van der Waals surface area (Å²) in [6, 6.07) is -0.769. The molecule has 2 amide bonds. The number of nitrogens with zero attached hydrogens (tertiary/aromatic N) is 1. The first-order valence-electron chi connectivity index (χ1n) is 5.66. The maximum Gasteiger partial charge on any atom is 0.315 e. The third-order valence-electron chi connectivity index (χ3n) is 2.61. The minimum atomic E-state index is -0.925. The molecule has 6 nitrogen and oxygen atoms in total. The van der Waals surface area contributed by atoms with E-state index in [0.717, 1.165) is 5.01 Å². The molecule has 1 rings (SSSR count). The molecule has 0 aliphatic heterocycles. The van der Waals surface area contributed by atoms with E-state index in [2.05, 4.69) is 15.6 Å². The molecule has 0 radical (unpaired) electrons. The van der Waals surface area contributed by atoms with Crippen LogP contribution in [0.25, 0.3) is 0 Å². The lowest BCUT2D eigenvalue weighted by atomic mass is 10.0. The van der Waals surface area contributed by atoms with E-state index in [9.17, 15) is 9.59 Å². The Morgan fingerprint density at radius 2 is 2.22 bits per heavy atom. The first kappa shape index (κ1) is 14.4. The molecule has 0 aliphatic rings. The summed E-state index contributed by atoms with van der Waals surface area (Å²) in [6.07, 6.45) is 2.39. The number of hydrogen-bond donors (Lipinski definition) is 3. The molecule has 18 heavy (non-hydrogen) atoms. The fourth-order valence-electron chi connectivity index (χ4n) is 1.26. The van der Waals surface area contributed by atoms with E-state index in [0.29, 0.717) is 13.0 Å². The van der Waals surface area contributed by atoms with Gasteiger partial charge in [-0.1, -0.05) is 0 Å². The molecule has 1 heterocycles. The Balaban J connectivity index is 2.23. The van der Waals surface area contributed by atoms with Crippen molar-refractivity contribution in [3.05, 3.63) is 16.6 Å². The molecular weight excluding hydrogens is 254 g/mol. The summed E-state index contributed by atoms with van der Waals surface area (Å²) in [6.45, 7) is 3.70. The third kappa shape index (κ3) is 4.70. The van der Waals surface area contributed by atoms with Gasteiger partial charge in [0.15, 0.2) is 0 Å². The van der Waals surface area contributed by atoms with Gasteiger partial charge in [-0.05, 0) is 13.8 Å². The summed E-state index contributed by atoms with van der Waals surface area (Å²) in [7, 11) is 0. The van der Waals surface area contributed by atoms with Gasteiger partial charge in [-0.25, -0.2) is 9.78 Å². The van der Waals surface area contributed by atoms with Crippen molar-refractivity contribution >= 4 is 23.3 Å². The average molecular weight is 271 g/mol. The average Bonchev–Trinajstić information content (AvgIpc) is 2.80. The van der Waals surface area contributed by atoms with Crippen molar-refractivity contribution in [1.82, 2.24) is 15.6 Å². The minimum Gasteiger partial charge on any atom is -0.481 e. The molecule has 0 spiro atoms. The Morgan fingerprint density at radius 3 is 2.78 bits per heavy atom. The van der Waals surface area contributed by atoms with Gasteiger partial charge in [0, 0.05) is 30.6 Å².